The number of phenols is 2. The third kappa shape index (κ3) is 42.2. The summed E-state index contributed by atoms with van der Waals surface area (Å²) in [6.07, 6.45) is -6.08. The van der Waals surface area contributed by atoms with Crippen LogP contribution < -0.4 is 97.4 Å². The highest BCUT2D eigenvalue weighted by Gasteiger charge is 2.45. The first-order chi connectivity index (χ1) is 69.9. The van der Waals surface area contributed by atoms with E-state index in [1.165, 1.54) is 67.3 Å². The maximum Gasteiger partial charge on any atom is 0.410 e. The van der Waals surface area contributed by atoms with Gasteiger partial charge in [-0.1, -0.05) is 96.5 Å². The molecule has 0 radical (unpaired) electrons. The molecule has 0 bridgehead atoms. The van der Waals surface area contributed by atoms with Crippen LogP contribution in [0.4, 0.5) is 4.79 Å². The SMILES string of the molecule is CSCC[C@H](NC(=O)[C@@H](N)Cc1ccc(O)cc1)C(=O)N[C@@H](CCCNC(=N)N)C(=O)N[C@H](C(=O)N1CCC[C@H]1C(=O)N[C@@H](CC(=O)O)C(=O)NCC(=O)N[C@@H](CCCNC(=N)N)C(=O)N[C@@H](CSCN(C)C(=O)OCC(=O)c1ccccc1)C(=O)N[C@@H](CCCCN=[N+]=[N-])C(=O)N1CCC[C@H]1C(=O)N[C@H](C(=O)N[C@@H](Cc1ccccc1)C(=O)N[C@@H](Cc1ccc(O)cc1)C(=O)N[C@@H](CCC(N)=O)C(=O)O)[C@@H](C)O)[C@@H](C)O. The molecule has 0 unspecified atom stereocenters. The standard InChI is InChI=1S/C93H132N26O26S2/c1-51(120)75(87(139)112-66(44-53-17-7-5-8-18-53)83(135)110-65(45-55-28-32-58(123)33-29-55)82(134)109-64(90(142)143)34-35-72(95)125)114-86(138)70-25-15-40-118(70)88(140)63(21-11-12-39-104-116-100)108-84(136)68(49-147-50-117(3)93(144)145-48-71(124)56-19-9-6-10-20-56)113-79(131)60(22-13-37-101-91(96)97)105-73(126)47-103-78(130)67(46-74(127)128)111-85(137)69-24-16-41-119(69)89(141)76(52(2)121)115-81(133)61(23-14-38-102-92(98)99)107-80(132)62(36-42-146-4)106-77(129)59(94)43-54-26-30-57(122)31-27-54/h5-10,17-20,26-33,51-52,59-70,75-76,120-123H,11-16,21-25,34-50,94H2,1-4H3,(H2,95,125)(H,103,130)(H,105,126)(H,106,129)(H,107,132)(H,108,136)(H,109,134)(H,110,135)(H,111,137)(H,112,139)(H,113,131)(H,114,138)(H,115,133)(H,127,128)(H,142,143)(H4,96,97,101)(H4,98,99,102)/t51-,52-,59+,60+,61+,62+,63+,64+,65+,66+,67+,68+,69+,70+,75+,76+/m1/s1. The predicted octanol–water partition coefficient (Wildman–Crippen LogP) is -4.13. The molecule has 802 valence electrons. The molecule has 2 heterocycles. The summed E-state index contributed by atoms with van der Waals surface area (Å²) < 4.78 is 5.27. The second kappa shape index (κ2) is 62.5. The van der Waals surface area contributed by atoms with E-state index in [1.54, 1.807) is 66.9 Å². The van der Waals surface area contributed by atoms with Crippen molar-refractivity contribution >= 4 is 148 Å². The van der Waals surface area contributed by atoms with Crippen molar-refractivity contribution in [3.05, 3.63) is 142 Å². The van der Waals surface area contributed by atoms with Gasteiger partial charge in [-0.3, -0.25) is 92.3 Å². The Balaban J connectivity index is 1.23. The highest BCUT2D eigenvalue weighted by molar-refractivity contribution is 7.99. The zero-order chi connectivity index (χ0) is 109. The van der Waals surface area contributed by atoms with Gasteiger partial charge in [-0.05, 0) is 156 Å². The molecule has 2 saturated heterocycles. The summed E-state index contributed by atoms with van der Waals surface area (Å²) in [6, 6.07) is 4.45. The molecule has 0 aliphatic carbocycles. The summed E-state index contributed by atoms with van der Waals surface area (Å²) >= 11 is 2.16. The molecule has 4 aromatic rings. The number of phenolic OH excluding ortho intramolecular Hbond substituents is 2. The highest BCUT2D eigenvalue weighted by atomic mass is 32.2. The first kappa shape index (κ1) is 121. The number of aromatic hydroxyl groups is 2. The Labute approximate surface area is 854 Å². The Morgan fingerprint density at radius 2 is 0.973 bits per heavy atom. The second-order valence-corrected chi connectivity index (χ2v) is 36.9. The number of nitrogens with zero attached hydrogens (tertiary/aromatic N) is 6. The molecule has 0 aromatic heterocycles. The van der Waals surface area contributed by atoms with Gasteiger partial charge in [-0.15, -0.1) is 11.8 Å². The first-order valence-corrected chi connectivity index (χ1v) is 49.8. The van der Waals surface area contributed by atoms with Crippen molar-refractivity contribution in [3.63, 3.8) is 0 Å². The van der Waals surface area contributed by atoms with Crippen LogP contribution in [0.15, 0.2) is 114 Å². The lowest BCUT2D eigenvalue weighted by molar-refractivity contribution is -0.145. The number of carboxylic acids is 2. The number of carboxylic acid groups (broad SMARTS) is 2. The summed E-state index contributed by atoms with van der Waals surface area (Å²) in [4.78, 5) is 272. The number of nitrogens with two attached hydrogens (primary N) is 4. The van der Waals surface area contributed by atoms with Crippen LogP contribution in [0.3, 0.4) is 0 Å². The average molecular weight is 2090 g/mol. The van der Waals surface area contributed by atoms with E-state index in [2.05, 4.69) is 84.5 Å². The number of aliphatic hydroxyl groups excluding tert-OH is 2. The van der Waals surface area contributed by atoms with Crippen molar-refractivity contribution in [3.8, 4) is 11.5 Å². The van der Waals surface area contributed by atoms with Crippen LogP contribution in [-0.2, 0) is 106 Å². The van der Waals surface area contributed by atoms with E-state index in [-0.39, 0.29) is 152 Å². The van der Waals surface area contributed by atoms with Crippen LogP contribution >= 0.6 is 23.5 Å². The number of unbranched alkanes of at least 4 members (excludes halogenated alkanes) is 1. The van der Waals surface area contributed by atoms with Crippen molar-refractivity contribution in [1.82, 2.24) is 89.1 Å². The highest BCUT2D eigenvalue weighted by Crippen LogP contribution is 2.25. The maximum atomic E-state index is 15.3. The summed E-state index contributed by atoms with van der Waals surface area (Å²) in [5, 5.41) is 116. The van der Waals surface area contributed by atoms with E-state index in [4.69, 9.17) is 44.0 Å². The number of primary amides is 1. The fraction of sp³-hybridized carbons (Fsp3) is 0.516. The number of guanidine groups is 2. The van der Waals surface area contributed by atoms with E-state index < -0.39 is 259 Å². The number of aliphatic carboxylic acids is 2. The zero-order valence-corrected chi connectivity index (χ0v) is 83.2. The number of aliphatic hydroxyl groups is 2. The summed E-state index contributed by atoms with van der Waals surface area (Å²) in [7, 11) is 1.28. The molecule has 30 N–H and O–H groups in total. The van der Waals surface area contributed by atoms with Crippen molar-refractivity contribution in [2.45, 2.75) is 226 Å². The average Bonchev–Trinajstić information content (AvgIpc) is 1.66. The van der Waals surface area contributed by atoms with Crippen molar-refractivity contribution < 1.29 is 126 Å². The number of Topliss-reactive ketones (excluding diaryl/α,β-unsaturated/α-hetero) is 1. The Bertz CT molecular complexity index is 5250. The van der Waals surface area contributed by atoms with Crippen molar-refractivity contribution in [2.75, 3.05) is 76.6 Å². The predicted molar refractivity (Wildman–Crippen MR) is 534 cm³/mol. The number of hydrogen-bond acceptors (Lipinski definition) is 30. The zero-order valence-electron chi connectivity index (χ0n) is 81.6. The molecule has 16 atom stereocenters. The minimum absolute atomic E-state index is 0.0113. The lowest BCUT2D eigenvalue weighted by Crippen LogP contribution is -2.62. The fourth-order valence-corrected chi connectivity index (χ4v) is 16.9. The van der Waals surface area contributed by atoms with Gasteiger partial charge in [0, 0.05) is 75.3 Å². The minimum Gasteiger partial charge on any atom is -0.508 e. The number of nitrogens with one attached hydrogen (secondary N) is 16. The third-order valence-corrected chi connectivity index (χ3v) is 25.1. The first-order valence-electron chi connectivity index (χ1n) is 47.2. The van der Waals surface area contributed by atoms with E-state index in [9.17, 15) is 112 Å². The topological polar surface area (TPSA) is 834 Å². The number of amides is 16. The van der Waals surface area contributed by atoms with Crippen molar-refractivity contribution in [2.24, 2.45) is 28.0 Å². The van der Waals surface area contributed by atoms with Gasteiger partial charge < -0.3 is 147 Å². The molecular weight excluding hydrogens is 1960 g/mol. The van der Waals surface area contributed by atoms with Gasteiger partial charge in [0.1, 0.15) is 90.0 Å². The molecule has 2 fully saturated rings. The van der Waals surface area contributed by atoms with Crippen molar-refractivity contribution in [1.29, 1.82) is 10.8 Å². The maximum absolute atomic E-state index is 15.3. The van der Waals surface area contributed by atoms with E-state index in [0.717, 1.165) is 40.3 Å². The number of carbonyl (C=O) groups excluding carboxylic acids is 17. The van der Waals surface area contributed by atoms with Crippen LogP contribution in [0.5, 0.6) is 11.5 Å². The molecule has 2 aliphatic heterocycles. The summed E-state index contributed by atoms with van der Waals surface area (Å²) in [5.41, 5.74) is 33.3. The molecule has 52 nitrogen and oxygen atoms in total. The van der Waals surface area contributed by atoms with Crippen LogP contribution in [-0.4, -0.2) is 343 Å². The van der Waals surface area contributed by atoms with Crippen LogP contribution in [0.1, 0.15) is 137 Å². The fourth-order valence-electron chi connectivity index (χ4n) is 15.5. The number of rotatable bonds is 63. The lowest BCUT2D eigenvalue weighted by Gasteiger charge is -2.32. The number of carbonyl (C=O) groups is 19. The molecule has 0 saturated carbocycles. The molecule has 147 heavy (non-hydrogen) atoms. The van der Waals surface area contributed by atoms with Crippen LogP contribution in [0.25, 0.3) is 10.4 Å². The minimum atomic E-state index is -2.02. The third-order valence-electron chi connectivity index (χ3n) is 23.3. The summed E-state index contributed by atoms with van der Waals surface area (Å²) in [5.74, 6) is -21.0. The van der Waals surface area contributed by atoms with Gasteiger partial charge >= 0.3 is 18.0 Å². The molecule has 4 aromatic carbocycles. The monoisotopic (exact) mass is 2090 g/mol. The van der Waals surface area contributed by atoms with E-state index >= 15 is 9.59 Å². The number of ketones is 1. The number of azide groups is 1. The van der Waals surface area contributed by atoms with Gasteiger partial charge in [0.2, 0.25) is 88.6 Å². The Morgan fingerprint density at radius 1 is 0.510 bits per heavy atom. The molecule has 6 rings (SSSR count). The molecule has 54 heteroatoms. The smallest absolute Gasteiger partial charge is 0.410 e. The number of benzene rings is 4. The molecule has 2 aliphatic rings. The molecular formula is C93H132N26O26S2. The molecule has 16 amide bonds. The van der Waals surface area contributed by atoms with E-state index in [1.807, 2.05) is 0 Å². The Morgan fingerprint density at radius 3 is 1.50 bits per heavy atom. The van der Waals surface area contributed by atoms with Crippen LogP contribution in [0, 0.1) is 10.8 Å². The van der Waals surface area contributed by atoms with Gasteiger partial charge in [0.25, 0.3) is 0 Å². The lowest BCUT2D eigenvalue weighted by atomic mass is 10.0. The van der Waals surface area contributed by atoms with Gasteiger partial charge in [0.05, 0.1) is 37.1 Å². The van der Waals surface area contributed by atoms with Gasteiger partial charge in [-0.2, -0.15) is 11.8 Å². The molecule has 0 spiro atoms. The largest absolute Gasteiger partial charge is 0.508 e. The number of likely N-dealkylation sites (tertiary alicyclic amines) is 2. The van der Waals surface area contributed by atoms with E-state index in [0.29, 0.717) is 22.4 Å². The second-order valence-electron chi connectivity index (χ2n) is 34.9. The number of thioether (sulfide) groups is 2. The Hall–Kier alpha value is -15.2. The summed E-state index contributed by atoms with van der Waals surface area (Å²) in [6.45, 7) is -0.0910. The number of ether oxygens (including phenoxy) is 1. The van der Waals surface area contributed by atoms with Gasteiger partial charge in [0.15, 0.2) is 24.3 Å². The van der Waals surface area contributed by atoms with Gasteiger partial charge in [-0.25, -0.2) is 9.59 Å². The quantitative estimate of drug-likeness (QED) is 0.00292. The number of hydrogen-bond donors (Lipinski definition) is 26. The van der Waals surface area contributed by atoms with Crippen LogP contribution in [0.2, 0.25) is 0 Å². The normalized spacial score (nSPS) is 15.9. The Kier molecular flexibility index (Phi) is 51.3.